The van der Waals surface area contributed by atoms with Crippen LogP contribution in [0.1, 0.15) is 18.4 Å². The smallest absolute Gasteiger partial charge is 0.148 e. The summed E-state index contributed by atoms with van der Waals surface area (Å²) in [4.78, 5) is 7.16. The van der Waals surface area contributed by atoms with Gasteiger partial charge >= 0.3 is 0 Å². The highest BCUT2D eigenvalue weighted by Crippen LogP contribution is 2.22. The van der Waals surface area contributed by atoms with Crippen molar-refractivity contribution in [3.05, 3.63) is 23.9 Å². The predicted molar refractivity (Wildman–Crippen MR) is 63.0 cm³/mol. The number of aromatic nitrogens is 4. The van der Waals surface area contributed by atoms with Crippen molar-refractivity contribution in [3.63, 3.8) is 0 Å². The molecule has 2 aromatic heterocycles. The maximum Gasteiger partial charge on any atom is 0.148 e. The Kier molecular flexibility index (Phi) is 2.80. The van der Waals surface area contributed by atoms with Crippen molar-refractivity contribution in [3.8, 4) is 0 Å². The molecule has 4 N–H and O–H groups in total. The number of nitrogens with one attached hydrogen (secondary N) is 2. The molecule has 0 bridgehead atoms. The van der Waals surface area contributed by atoms with E-state index in [2.05, 4.69) is 20.4 Å². The van der Waals surface area contributed by atoms with E-state index in [0.29, 0.717) is 12.2 Å². The second-order valence-electron chi connectivity index (χ2n) is 3.55. The Morgan fingerprint density at radius 3 is 3.00 bits per heavy atom. The minimum absolute atomic E-state index is 0.613. The van der Waals surface area contributed by atoms with Crippen LogP contribution in [0, 0.1) is 6.92 Å². The van der Waals surface area contributed by atoms with Gasteiger partial charge in [-0.05, 0) is 13.8 Å². The molecule has 0 aliphatic rings. The summed E-state index contributed by atoms with van der Waals surface area (Å²) in [5, 5.41) is 7.56. The monoisotopic (exact) mass is 220 g/mol. The van der Waals surface area contributed by atoms with Gasteiger partial charge in [0.2, 0.25) is 0 Å². The maximum atomic E-state index is 5.94. The highest BCUT2D eigenvalue weighted by molar-refractivity contribution is 5.64. The van der Waals surface area contributed by atoms with Crippen LogP contribution >= 0.6 is 0 Å². The highest BCUT2D eigenvalue weighted by Gasteiger charge is 2.10. The quantitative estimate of drug-likeness (QED) is 0.721. The van der Waals surface area contributed by atoms with E-state index in [9.17, 15) is 0 Å². The van der Waals surface area contributed by atoms with Crippen molar-refractivity contribution in [1.29, 1.82) is 0 Å². The topological polar surface area (TPSA) is 84.6 Å². The Labute approximate surface area is 93.9 Å². The molecule has 0 spiro atoms. The van der Waals surface area contributed by atoms with Gasteiger partial charge in [-0.3, -0.25) is 0 Å². The molecule has 0 atom stereocenters. The first-order valence-corrected chi connectivity index (χ1v) is 5.27. The maximum absolute atomic E-state index is 5.94. The van der Waals surface area contributed by atoms with Crippen molar-refractivity contribution >= 4 is 11.5 Å². The molecule has 0 saturated carbocycles. The van der Waals surface area contributed by atoms with E-state index in [4.69, 9.17) is 5.73 Å². The largest absolute Gasteiger partial charge is 0.394 e. The lowest BCUT2D eigenvalue weighted by atomic mass is 10.4. The van der Waals surface area contributed by atoms with E-state index < -0.39 is 0 Å². The van der Waals surface area contributed by atoms with Crippen molar-refractivity contribution in [2.45, 2.75) is 26.9 Å². The molecule has 0 amide bonds. The molecule has 0 radical (unpaired) electrons. The van der Waals surface area contributed by atoms with Crippen LogP contribution < -0.4 is 11.1 Å². The molecular formula is C10H16N6. The summed E-state index contributed by atoms with van der Waals surface area (Å²) < 4.78 is 1.85. The standard InChI is InChI=1S/C10H16N6/c1-3-16-10(9(11)7(2)15-16)14-6-8-12-4-5-13-8/h4-5,14H,3,6,11H2,1-2H3,(H,12,13). The van der Waals surface area contributed by atoms with Crippen LogP contribution in [0.25, 0.3) is 0 Å². The molecule has 16 heavy (non-hydrogen) atoms. The molecule has 0 aliphatic carbocycles. The van der Waals surface area contributed by atoms with Gasteiger partial charge in [-0.1, -0.05) is 0 Å². The zero-order valence-electron chi connectivity index (χ0n) is 9.49. The molecule has 0 unspecified atom stereocenters. The Morgan fingerprint density at radius 2 is 2.38 bits per heavy atom. The third-order valence-electron chi connectivity index (χ3n) is 2.45. The molecule has 0 aliphatic heterocycles. The van der Waals surface area contributed by atoms with Gasteiger partial charge in [-0.2, -0.15) is 5.10 Å². The van der Waals surface area contributed by atoms with Crippen LogP contribution in [0.4, 0.5) is 11.5 Å². The molecule has 2 aromatic rings. The van der Waals surface area contributed by atoms with E-state index >= 15 is 0 Å². The fourth-order valence-corrected chi connectivity index (χ4v) is 1.57. The summed E-state index contributed by atoms with van der Waals surface area (Å²) >= 11 is 0. The second-order valence-corrected chi connectivity index (χ2v) is 3.55. The number of H-pyrrole nitrogens is 1. The fraction of sp³-hybridized carbons (Fsp3) is 0.400. The van der Waals surface area contributed by atoms with Crippen LogP contribution in [0.15, 0.2) is 12.4 Å². The van der Waals surface area contributed by atoms with Gasteiger partial charge in [0, 0.05) is 18.9 Å². The van der Waals surface area contributed by atoms with Crippen LogP contribution in [0.3, 0.4) is 0 Å². The molecule has 2 rings (SSSR count). The van der Waals surface area contributed by atoms with Crippen LogP contribution in [0.5, 0.6) is 0 Å². The number of nitrogen functional groups attached to an aromatic ring is 1. The van der Waals surface area contributed by atoms with Crippen molar-refractivity contribution in [1.82, 2.24) is 19.7 Å². The van der Waals surface area contributed by atoms with Crippen LogP contribution in [0.2, 0.25) is 0 Å². The van der Waals surface area contributed by atoms with Gasteiger partial charge in [-0.25, -0.2) is 9.67 Å². The van der Waals surface area contributed by atoms with E-state index in [1.54, 1.807) is 12.4 Å². The normalized spacial score (nSPS) is 10.6. The molecular weight excluding hydrogens is 204 g/mol. The third kappa shape index (κ3) is 1.86. The summed E-state index contributed by atoms with van der Waals surface area (Å²) in [6, 6.07) is 0. The molecule has 0 fully saturated rings. The minimum Gasteiger partial charge on any atom is -0.394 e. The van der Waals surface area contributed by atoms with E-state index in [-0.39, 0.29) is 0 Å². The molecule has 6 nitrogen and oxygen atoms in total. The Bertz CT molecular complexity index is 456. The Balaban J connectivity index is 2.14. The first kappa shape index (κ1) is 10.5. The Hall–Kier alpha value is -1.98. The number of anilines is 2. The lowest BCUT2D eigenvalue weighted by Gasteiger charge is -2.07. The average Bonchev–Trinajstić information content (AvgIpc) is 2.87. The zero-order chi connectivity index (χ0) is 11.5. The van der Waals surface area contributed by atoms with Gasteiger partial charge in [0.25, 0.3) is 0 Å². The van der Waals surface area contributed by atoms with E-state index in [1.165, 1.54) is 0 Å². The fourth-order valence-electron chi connectivity index (χ4n) is 1.57. The van der Waals surface area contributed by atoms with Gasteiger partial charge in [0.15, 0.2) is 0 Å². The number of hydrogen-bond acceptors (Lipinski definition) is 4. The van der Waals surface area contributed by atoms with Gasteiger partial charge in [-0.15, -0.1) is 0 Å². The van der Waals surface area contributed by atoms with Crippen LogP contribution in [-0.2, 0) is 13.1 Å². The number of aryl methyl sites for hydroxylation is 2. The number of rotatable bonds is 4. The molecule has 6 heteroatoms. The third-order valence-corrected chi connectivity index (χ3v) is 2.45. The zero-order valence-corrected chi connectivity index (χ0v) is 9.49. The lowest BCUT2D eigenvalue weighted by Crippen LogP contribution is -2.09. The van der Waals surface area contributed by atoms with Crippen molar-refractivity contribution in [2.75, 3.05) is 11.1 Å². The first-order valence-electron chi connectivity index (χ1n) is 5.27. The summed E-state index contributed by atoms with van der Waals surface area (Å²) in [6.45, 7) is 5.34. The van der Waals surface area contributed by atoms with Gasteiger partial charge < -0.3 is 16.0 Å². The predicted octanol–water partition coefficient (Wildman–Crippen LogP) is 1.13. The van der Waals surface area contributed by atoms with Crippen molar-refractivity contribution < 1.29 is 0 Å². The molecule has 0 aromatic carbocycles. The summed E-state index contributed by atoms with van der Waals surface area (Å²) in [6.07, 6.45) is 3.52. The molecule has 2 heterocycles. The highest BCUT2D eigenvalue weighted by atomic mass is 15.3. The van der Waals surface area contributed by atoms with Gasteiger partial charge in [0.1, 0.15) is 11.6 Å². The number of nitrogens with zero attached hydrogens (tertiary/aromatic N) is 3. The number of nitrogens with two attached hydrogens (primary N) is 1. The van der Waals surface area contributed by atoms with E-state index in [0.717, 1.165) is 23.9 Å². The summed E-state index contributed by atoms with van der Waals surface area (Å²) in [5.41, 5.74) is 7.49. The average molecular weight is 220 g/mol. The molecule has 0 saturated heterocycles. The SMILES string of the molecule is CCn1nc(C)c(N)c1NCc1ncc[nH]1. The number of hydrogen-bond donors (Lipinski definition) is 3. The van der Waals surface area contributed by atoms with Gasteiger partial charge in [0.05, 0.1) is 17.9 Å². The number of imidazole rings is 1. The first-order chi connectivity index (χ1) is 7.72. The summed E-state index contributed by atoms with van der Waals surface area (Å²) in [7, 11) is 0. The molecule has 86 valence electrons. The summed E-state index contributed by atoms with van der Waals surface area (Å²) in [5.74, 6) is 1.73. The van der Waals surface area contributed by atoms with Crippen LogP contribution in [-0.4, -0.2) is 19.7 Å². The Morgan fingerprint density at radius 1 is 1.56 bits per heavy atom. The van der Waals surface area contributed by atoms with Crippen molar-refractivity contribution in [2.24, 2.45) is 0 Å². The minimum atomic E-state index is 0.613. The lowest BCUT2D eigenvalue weighted by molar-refractivity contribution is 0.657. The number of aromatic amines is 1. The van der Waals surface area contributed by atoms with E-state index in [1.807, 2.05) is 18.5 Å². The second kappa shape index (κ2) is 4.26.